The van der Waals surface area contributed by atoms with E-state index in [0.717, 1.165) is 47.9 Å². The number of benzene rings is 3. The molecular weight excluding hydrogens is 652 g/mol. The molecule has 41 heavy (non-hydrogen) atoms. The number of phenols is 2. The summed E-state index contributed by atoms with van der Waals surface area (Å²) < 4.78 is 7.56. The Bertz CT molecular complexity index is 1440. The number of phenolic OH excluding ortho intramolecular Hbond substituents is 2. The lowest BCUT2D eigenvalue weighted by molar-refractivity contribution is 0.0236. The van der Waals surface area contributed by atoms with Crippen LogP contribution in [0.2, 0.25) is 0 Å². The van der Waals surface area contributed by atoms with Gasteiger partial charge in [0.05, 0.1) is 11.1 Å². The molecule has 3 aromatic carbocycles. The minimum absolute atomic E-state index is 0.0349. The number of rotatable bonds is 11. The van der Waals surface area contributed by atoms with Crippen molar-refractivity contribution in [1.82, 2.24) is 0 Å². The molecule has 0 spiro atoms. The van der Waals surface area contributed by atoms with Crippen molar-refractivity contribution in [3.8, 4) is 11.5 Å². The molecule has 8 heteroatoms. The topological polar surface area (TPSA) is 104 Å². The first-order chi connectivity index (χ1) is 19.6. The fourth-order valence-electron chi connectivity index (χ4n) is 6.33. The van der Waals surface area contributed by atoms with Gasteiger partial charge in [-0.3, -0.25) is 0 Å². The zero-order valence-corrected chi connectivity index (χ0v) is 27.0. The monoisotopic (exact) mass is 686 g/mol. The number of carboxylic acids is 1. The van der Waals surface area contributed by atoms with Gasteiger partial charge in [-0.05, 0) is 72.2 Å². The second kappa shape index (κ2) is 12.6. The lowest BCUT2D eigenvalue weighted by Gasteiger charge is -2.37. The Balaban J connectivity index is 2.35. The van der Waals surface area contributed by atoms with E-state index in [1.807, 2.05) is 27.7 Å². The van der Waals surface area contributed by atoms with E-state index in [1.54, 1.807) is 24.3 Å². The van der Waals surface area contributed by atoms with Gasteiger partial charge in [-0.2, -0.15) is 0 Å². The van der Waals surface area contributed by atoms with Gasteiger partial charge in [0.1, 0.15) is 11.5 Å². The molecule has 218 valence electrons. The fraction of sp³-hybridized carbons (Fsp3) is 0.394. The van der Waals surface area contributed by atoms with Gasteiger partial charge in [0.2, 0.25) is 0 Å². The maximum absolute atomic E-state index is 13.8. The van der Waals surface area contributed by atoms with E-state index in [2.05, 4.69) is 31.9 Å². The molecule has 0 fully saturated rings. The number of carboxylic acid groups (broad SMARTS) is 1. The summed E-state index contributed by atoms with van der Waals surface area (Å²) in [5, 5.41) is 32.7. The Morgan fingerprint density at radius 2 is 1.20 bits per heavy atom. The predicted molar refractivity (Wildman–Crippen MR) is 166 cm³/mol. The largest absolute Gasteiger partial charge is 0.508 e. The van der Waals surface area contributed by atoms with Gasteiger partial charge in [-0.15, -0.1) is 0 Å². The molecule has 0 aromatic heterocycles. The van der Waals surface area contributed by atoms with Crippen LogP contribution < -0.4 is 0 Å². The molecule has 0 bridgehead atoms. The van der Waals surface area contributed by atoms with Crippen molar-refractivity contribution in [1.29, 1.82) is 0 Å². The molecule has 0 aliphatic carbocycles. The number of esters is 1. The number of halogens is 2. The van der Waals surface area contributed by atoms with Crippen LogP contribution in [0.5, 0.6) is 11.5 Å². The number of ether oxygens (including phenoxy) is 1. The van der Waals surface area contributed by atoms with Crippen LogP contribution in [0.4, 0.5) is 0 Å². The molecule has 3 N–H and O–H groups in total. The number of fused-ring (bicyclic) bond motifs is 1. The lowest BCUT2D eigenvalue weighted by Crippen LogP contribution is -2.35. The molecule has 1 aliphatic rings. The van der Waals surface area contributed by atoms with Crippen LogP contribution in [-0.2, 0) is 36.0 Å². The average molecular weight is 688 g/mol. The quantitative estimate of drug-likeness (QED) is 0.175. The minimum atomic E-state index is -1.67. The third-order valence-corrected chi connectivity index (χ3v) is 9.02. The second-order valence-electron chi connectivity index (χ2n) is 10.5. The van der Waals surface area contributed by atoms with E-state index < -0.39 is 17.5 Å². The van der Waals surface area contributed by atoms with Gasteiger partial charge in [0, 0.05) is 25.6 Å². The number of aromatic hydroxyl groups is 2. The second-order valence-corrected chi connectivity index (χ2v) is 12.2. The molecule has 0 saturated heterocycles. The van der Waals surface area contributed by atoms with Gasteiger partial charge in [0.15, 0.2) is 5.60 Å². The standard InChI is InChI=1S/C33H36Br2O6/c1-5-10-18-20(12-7-3)29(24(34)16-26(18)36)33(28-22(31(38)39)14-9-15-23(28)32(40)41-33)30-21(13-8-4)19(11-6-2)27(37)17-25(30)35/h9,14-17,36-37H,5-8,10-13H2,1-4H3,(H,38,39). The van der Waals surface area contributed by atoms with Crippen LogP contribution >= 0.6 is 31.9 Å². The maximum Gasteiger partial charge on any atom is 0.340 e. The highest BCUT2D eigenvalue weighted by Gasteiger charge is 2.55. The number of aromatic carboxylic acids is 1. The SMILES string of the molecule is CCCc1c(O)cc(Br)c(C2(c3c(Br)cc(O)c(CCC)c3CCC)OC(=O)c3cccc(C(=O)O)c32)c1CCC. The Kier molecular flexibility index (Phi) is 9.54. The number of hydrogen-bond donors (Lipinski definition) is 3. The molecule has 0 unspecified atom stereocenters. The highest BCUT2D eigenvalue weighted by Crippen LogP contribution is 2.56. The Morgan fingerprint density at radius 1 is 0.756 bits per heavy atom. The van der Waals surface area contributed by atoms with Crippen molar-refractivity contribution >= 4 is 43.8 Å². The van der Waals surface area contributed by atoms with Crippen molar-refractivity contribution < 1.29 is 29.6 Å². The van der Waals surface area contributed by atoms with Crippen LogP contribution in [-0.4, -0.2) is 27.3 Å². The van der Waals surface area contributed by atoms with Crippen molar-refractivity contribution in [2.45, 2.75) is 84.7 Å². The number of carbonyl (C=O) groups excluding carboxylic acids is 1. The van der Waals surface area contributed by atoms with Gasteiger partial charge < -0.3 is 20.1 Å². The number of cyclic esters (lactones) is 1. The van der Waals surface area contributed by atoms with Crippen LogP contribution in [0.15, 0.2) is 39.3 Å². The summed E-state index contributed by atoms with van der Waals surface area (Å²) in [6, 6.07) is 7.91. The molecule has 1 heterocycles. The lowest BCUT2D eigenvalue weighted by atomic mass is 9.71. The molecule has 0 saturated carbocycles. The predicted octanol–water partition coefficient (Wildman–Crippen LogP) is 8.59. The van der Waals surface area contributed by atoms with Gasteiger partial charge in [0.25, 0.3) is 0 Å². The Labute approximate surface area is 258 Å². The van der Waals surface area contributed by atoms with Crippen LogP contribution in [0.3, 0.4) is 0 Å². The summed E-state index contributed by atoms with van der Waals surface area (Å²) in [7, 11) is 0. The zero-order valence-electron chi connectivity index (χ0n) is 23.9. The van der Waals surface area contributed by atoms with E-state index in [4.69, 9.17) is 4.74 Å². The normalized spacial score (nSPS) is 13.8. The van der Waals surface area contributed by atoms with Crippen molar-refractivity contribution in [3.63, 3.8) is 0 Å². The third-order valence-electron chi connectivity index (χ3n) is 7.77. The van der Waals surface area contributed by atoms with Gasteiger partial charge in [-0.1, -0.05) is 91.3 Å². The van der Waals surface area contributed by atoms with E-state index in [1.165, 1.54) is 6.07 Å². The van der Waals surface area contributed by atoms with Crippen molar-refractivity contribution in [2.75, 3.05) is 0 Å². The van der Waals surface area contributed by atoms with Crippen molar-refractivity contribution in [2.24, 2.45) is 0 Å². The van der Waals surface area contributed by atoms with Crippen LogP contribution in [0.25, 0.3) is 0 Å². The summed E-state index contributed by atoms with van der Waals surface area (Å²) in [6.07, 6.45) is 5.38. The fourth-order valence-corrected chi connectivity index (χ4v) is 7.80. The highest BCUT2D eigenvalue weighted by atomic mass is 79.9. The summed E-state index contributed by atoms with van der Waals surface area (Å²) in [5.41, 5.74) is 3.10. The highest BCUT2D eigenvalue weighted by molar-refractivity contribution is 9.10. The number of carbonyl (C=O) groups is 2. The van der Waals surface area contributed by atoms with Gasteiger partial charge in [-0.25, -0.2) is 9.59 Å². The Hall–Kier alpha value is -2.84. The van der Waals surface area contributed by atoms with Gasteiger partial charge >= 0.3 is 11.9 Å². The van der Waals surface area contributed by atoms with E-state index in [9.17, 15) is 24.9 Å². The smallest absolute Gasteiger partial charge is 0.340 e. The molecule has 6 nitrogen and oxygen atoms in total. The van der Waals surface area contributed by atoms with Crippen molar-refractivity contribution in [3.05, 3.63) is 89.3 Å². The summed E-state index contributed by atoms with van der Waals surface area (Å²) in [4.78, 5) is 26.6. The molecule has 0 amide bonds. The molecule has 0 radical (unpaired) electrons. The van der Waals surface area contributed by atoms with E-state index in [-0.39, 0.29) is 28.2 Å². The third kappa shape index (κ3) is 5.18. The maximum atomic E-state index is 13.8. The summed E-state index contributed by atoms with van der Waals surface area (Å²) in [6.45, 7) is 8.15. The van der Waals surface area contributed by atoms with E-state index in [0.29, 0.717) is 45.8 Å². The number of hydrogen-bond acceptors (Lipinski definition) is 5. The average Bonchev–Trinajstić information content (AvgIpc) is 3.21. The van der Waals surface area contributed by atoms with E-state index >= 15 is 0 Å². The first kappa shape index (κ1) is 31.1. The first-order valence-corrected chi connectivity index (χ1v) is 15.8. The Morgan fingerprint density at radius 3 is 1.61 bits per heavy atom. The van der Waals surface area contributed by atoms with Crippen LogP contribution in [0.1, 0.15) is 113 Å². The van der Waals surface area contributed by atoms with Crippen LogP contribution in [0, 0.1) is 0 Å². The summed E-state index contributed by atoms with van der Waals surface area (Å²) >= 11 is 7.44. The minimum Gasteiger partial charge on any atom is -0.508 e. The molecule has 3 aromatic rings. The summed E-state index contributed by atoms with van der Waals surface area (Å²) in [5.74, 6) is -1.52. The molecule has 4 rings (SSSR count). The molecular formula is C33H36Br2O6. The molecule has 0 atom stereocenters. The first-order valence-electron chi connectivity index (χ1n) is 14.3. The molecule has 1 aliphatic heterocycles. The zero-order chi connectivity index (χ0) is 30.1.